The minimum atomic E-state index is -0.512. The summed E-state index contributed by atoms with van der Waals surface area (Å²) >= 11 is 0. The maximum Gasteiger partial charge on any atom is 0.410 e. The van der Waals surface area contributed by atoms with Gasteiger partial charge in [0, 0.05) is 25.5 Å². The molecule has 8 nitrogen and oxygen atoms in total. The van der Waals surface area contributed by atoms with Crippen molar-refractivity contribution in [2.75, 3.05) is 18.0 Å². The lowest BCUT2D eigenvalue weighted by atomic mass is 10.2. The van der Waals surface area contributed by atoms with E-state index in [0.717, 1.165) is 18.5 Å². The molecule has 0 bridgehead atoms. The molecule has 1 fully saturated rings. The quantitative estimate of drug-likeness (QED) is 0.833. The lowest BCUT2D eigenvalue weighted by Gasteiger charge is -2.32. The molecular weight excluding hydrogens is 332 g/mol. The highest BCUT2D eigenvalue weighted by atomic mass is 16.6. The van der Waals surface area contributed by atoms with E-state index < -0.39 is 5.60 Å². The number of carbonyl (C=O) groups excluding carboxylic acids is 1. The predicted molar refractivity (Wildman–Crippen MR) is 97.0 cm³/mol. The maximum atomic E-state index is 12.6. The summed E-state index contributed by atoms with van der Waals surface area (Å²) in [6, 6.07) is 0.0204. The number of likely N-dealkylation sites (tertiary alicyclic amines) is 1. The summed E-state index contributed by atoms with van der Waals surface area (Å²) in [6.45, 7) is 6.90. The fourth-order valence-corrected chi connectivity index (χ4v) is 2.99. The van der Waals surface area contributed by atoms with Crippen LogP contribution in [0.1, 0.15) is 33.6 Å². The zero-order valence-electron chi connectivity index (χ0n) is 15.4. The van der Waals surface area contributed by atoms with Crippen LogP contribution in [-0.2, 0) is 4.74 Å². The van der Waals surface area contributed by atoms with Gasteiger partial charge in [-0.2, -0.15) is 0 Å². The van der Waals surface area contributed by atoms with Crippen LogP contribution < -0.4 is 4.90 Å². The Morgan fingerprint density at radius 1 is 1.23 bits per heavy atom. The minimum Gasteiger partial charge on any atom is -0.444 e. The number of carbonyl (C=O) groups is 1. The van der Waals surface area contributed by atoms with E-state index in [9.17, 15) is 4.79 Å². The molecule has 3 rings (SSSR count). The largest absolute Gasteiger partial charge is 0.444 e. The molecule has 0 N–H and O–H groups in total. The topological polar surface area (TPSA) is 84.3 Å². The van der Waals surface area contributed by atoms with Crippen LogP contribution in [0.3, 0.4) is 0 Å². The highest BCUT2D eigenvalue weighted by Gasteiger charge is 2.34. The summed E-state index contributed by atoms with van der Waals surface area (Å²) in [5.74, 6) is 0.693. The Hall–Kier alpha value is -2.77. The van der Waals surface area contributed by atoms with E-state index in [4.69, 9.17) is 4.74 Å². The van der Waals surface area contributed by atoms with E-state index in [0.29, 0.717) is 18.9 Å². The van der Waals surface area contributed by atoms with Crippen molar-refractivity contribution < 1.29 is 9.53 Å². The summed E-state index contributed by atoms with van der Waals surface area (Å²) < 4.78 is 5.56. The van der Waals surface area contributed by atoms with Crippen molar-refractivity contribution in [3.8, 4) is 0 Å². The van der Waals surface area contributed by atoms with Gasteiger partial charge in [-0.25, -0.2) is 19.7 Å². The Bertz CT molecular complexity index is 680. The van der Waals surface area contributed by atoms with E-state index in [1.807, 2.05) is 25.7 Å². The molecule has 0 saturated carbocycles. The summed E-state index contributed by atoms with van der Waals surface area (Å²) in [4.78, 5) is 33.1. The second kappa shape index (κ2) is 7.63. The molecule has 138 valence electrons. The van der Waals surface area contributed by atoms with Crippen molar-refractivity contribution in [3.63, 3.8) is 0 Å². The van der Waals surface area contributed by atoms with Gasteiger partial charge in [-0.15, -0.1) is 0 Å². The first-order chi connectivity index (χ1) is 12.4. The summed E-state index contributed by atoms with van der Waals surface area (Å²) in [5, 5.41) is 0. The van der Waals surface area contributed by atoms with E-state index in [2.05, 4.69) is 19.9 Å². The molecule has 26 heavy (non-hydrogen) atoms. The number of hydrogen-bond donors (Lipinski definition) is 0. The number of ether oxygens (including phenoxy) is 1. The van der Waals surface area contributed by atoms with Gasteiger partial charge >= 0.3 is 6.09 Å². The standard InChI is InChI=1S/C18H24N6O2/c1-18(2,3)26-17(25)23-8-4-5-14(23)12-24(15-9-20-13-21-10-15)16-11-19-6-7-22-16/h6-7,9-11,13-14H,4-5,8,12H2,1-3H3. The average Bonchev–Trinajstić information content (AvgIpc) is 3.08. The third-order valence-corrected chi connectivity index (χ3v) is 4.08. The molecule has 2 aromatic rings. The fraction of sp³-hybridized carbons (Fsp3) is 0.500. The Balaban J connectivity index is 1.81. The second-order valence-electron chi connectivity index (χ2n) is 7.24. The van der Waals surface area contributed by atoms with Crippen LogP contribution >= 0.6 is 0 Å². The molecule has 3 heterocycles. The summed E-state index contributed by atoms with van der Waals surface area (Å²) in [5.41, 5.74) is 0.297. The molecule has 1 saturated heterocycles. The number of nitrogens with zero attached hydrogens (tertiary/aromatic N) is 6. The lowest BCUT2D eigenvalue weighted by molar-refractivity contribution is 0.0232. The minimum absolute atomic E-state index is 0.0204. The van der Waals surface area contributed by atoms with Crippen molar-refractivity contribution in [2.45, 2.75) is 45.3 Å². The van der Waals surface area contributed by atoms with Crippen LogP contribution in [0.15, 0.2) is 37.3 Å². The van der Waals surface area contributed by atoms with E-state index in [-0.39, 0.29) is 12.1 Å². The van der Waals surface area contributed by atoms with E-state index in [1.165, 1.54) is 6.33 Å². The molecule has 0 spiro atoms. The summed E-state index contributed by atoms with van der Waals surface area (Å²) in [6.07, 6.45) is 11.5. The average molecular weight is 356 g/mol. The monoisotopic (exact) mass is 356 g/mol. The first kappa shape index (κ1) is 18.0. The molecule has 1 aliphatic heterocycles. The van der Waals surface area contributed by atoms with Gasteiger partial charge in [0.25, 0.3) is 0 Å². The van der Waals surface area contributed by atoms with E-state index >= 15 is 0 Å². The number of rotatable bonds is 4. The number of aromatic nitrogens is 4. The van der Waals surface area contributed by atoms with Crippen LogP contribution in [-0.4, -0.2) is 55.7 Å². The normalized spacial score (nSPS) is 17.2. The van der Waals surface area contributed by atoms with Gasteiger partial charge in [0.1, 0.15) is 11.9 Å². The number of anilines is 2. The molecule has 0 aromatic carbocycles. The van der Waals surface area contributed by atoms with Gasteiger partial charge in [-0.1, -0.05) is 0 Å². The van der Waals surface area contributed by atoms with Crippen molar-refractivity contribution >= 4 is 17.6 Å². The van der Waals surface area contributed by atoms with Crippen molar-refractivity contribution in [1.29, 1.82) is 0 Å². The third-order valence-electron chi connectivity index (χ3n) is 4.08. The Morgan fingerprint density at radius 2 is 2.00 bits per heavy atom. The van der Waals surface area contributed by atoms with Crippen LogP contribution in [0.5, 0.6) is 0 Å². The SMILES string of the molecule is CC(C)(C)OC(=O)N1CCCC1CN(c1cncnc1)c1cnccn1. The van der Waals surface area contributed by atoms with Gasteiger partial charge in [0.2, 0.25) is 0 Å². The van der Waals surface area contributed by atoms with Gasteiger partial charge in [-0.05, 0) is 33.6 Å². The van der Waals surface area contributed by atoms with Gasteiger partial charge in [0.15, 0.2) is 5.82 Å². The van der Waals surface area contributed by atoms with Crippen LogP contribution in [0.25, 0.3) is 0 Å². The summed E-state index contributed by atoms with van der Waals surface area (Å²) in [7, 11) is 0. The molecule has 1 atom stereocenters. The van der Waals surface area contributed by atoms with E-state index in [1.54, 1.807) is 35.9 Å². The van der Waals surface area contributed by atoms with Crippen LogP contribution in [0, 0.1) is 0 Å². The predicted octanol–water partition coefficient (Wildman–Crippen LogP) is 2.80. The maximum absolute atomic E-state index is 12.6. The van der Waals surface area contributed by atoms with Crippen molar-refractivity contribution in [1.82, 2.24) is 24.8 Å². The molecule has 1 amide bonds. The van der Waals surface area contributed by atoms with Gasteiger partial charge < -0.3 is 14.5 Å². The highest BCUT2D eigenvalue weighted by Crippen LogP contribution is 2.27. The zero-order chi connectivity index (χ0) is 18.6. The molecule has 2 aromatic heterocycles. The van der Waals surface area contributed by atoms with Crippen molar-refractivity contribution in [3.05, 3.63) is 37.3 Å². The molecular formula is C18H24N6O2. The third kappa shape index (κ3) is 4.44. The highest BCUT2D eigenvalue weighted by molar-refractivity contribution is 5.69. The smallest absolute Gasteiger partial charge is 0.410 e. The fourth-order valence-electron chi connectivity index (χ4n) is 2.99. The van der Waals surface area contributed by atoms with Crippen molar-refractivity contribution in [2.24, 2.45) is 0 Å². The Labute approximate surface area is 153 Å². The zero-order valence-corrected chi connectivity index (χ0v) is 15.4. The van der Waals surface area contributed by atoms with Gasteiger partial charge in [-0.3, -0.25) is 4.98 Å². The van der Waals surface area contributed by atoms with Crippen LogP contribution in [0.4, 0.5) is 16.3 Å². The Kier molecular flexibility index (Phi) is 5.29. The molecule has 8 heteroatoms. The molecule has 1 unspecified atom stereocenters. The molecule has 1 aliphatic rings. The second-order valence-corrected chi connectivity index (χ2v) is 7.24. The van der Waals surface area contributed by atoms with Crippen LogP contribution in [0.2, 0.25) is 0 Å². The first-order valence-electron chi connectivity index (χ1n) is 8.72. The first-order valence-corrected chi connectivity index (χ1v) is 8.72. The van der Waals surface area contributed by atoms with Gasteiger partial charge in [0.05, 0.1) is 30.3 Å². The number of hydrogen-bond acceptors (Lipinski definition) is 7. The number of amides is 1. The lowest BCUT2D eigenvalue weighted by Crippen LogP contribution is -2.44. The molecule has 0 radical (unpaired) electrons. The Morgan fingerprint density at radius 3 is 2.65 bits per heavy atom. The molecule has 0 aliphatic carbocycles.